The Kier molecular flexibility index (Phi) is 8.11. The molecule has 0 bridgehead atoms. The molecular formula is C15H22BrCl2N3O. The van der Waals surface area contributed by atoms with Crippen molar-refractivity contribution >= 4 is 46.7 Å². The monoisotopic (exact) mass is 409 g/mol. The first-order chi connectivity index (χ1) is 9.74. The van der Waals surface area contributed by atoms with Crippen LogP contribution in [0, 0.1) is 5.92 Å². The number of pyridine rings is 1. The summed E-state index contributed by atoms with van der Waals surface area (Å²) in [7, 11) is 0. The second-order valence-electron chi connectivity index (χ2n) is 5.72. The fraction of sp³-hybridized carbons (Fsp3) is 0.600. The van der Waals surface area contributed by atoms with Crippen LogP contribution in [0.1, 0.15) is 36.0 Å². The first-order valence-electron chi connectivity index (χ1n) is 7.37. The maximum Gasteiger partial charge on any atom is 0.255 e. The van der Waals surface area contributed by atoms with Crippen LogP contribution in [0.5, 0.6) is 0 Å². The summed E-state index contributed by atoms with van der Waals surface area (Å²) in [5.74, 6) is 0.846. The van der Waals surface area contributed by atoms with Crippen LogP contribution in [-0.2, 0) is 0 Å². The number of hydrogen-bond acceptors (Lipinski definition) is 3. The van der Waals surface area contributed by atoms with Gasteiger partial charge in [-0.3, -0.25) is 9.78 Å². The Morgan fingerprint density at radius 1 is 1.23 bits per heavy atom. The summed E-state index contributed by atoms with van der Waals surface area (Å²) in [6.07, 6.45) is 8.18. The summed E-state index contributed by atoms with van der Waals surface area (Å²) in [5.41, 5.74) is 0.678. The maximum absolute atomic E-state index is 12.4. The van der Waals surface area contributed by atoms with Gasteiger partial charge in [-0.05, 0) is 60.1 Å². The highest BCUT2D eigenvalue weighted by molar-refractivity contribution is 9.10. The Labute approximate surface area is 152 Å². The van der Waals surface area contributed by atoms with Crippen LogP contribution < -0.4 is 5.32 Å². The molecule has 2 aliphatic rings. The molecule has 1 atom stereocenters. The Hall–Kier alpha value is -0.360. The van der Waals surface area contributed by atoms with Gasteiger partial charge in [0, 0.05) is 36.0 Å². The van der Waals surface area contributed by atoms with Crippen LogP contribution >= 0.6 is 40.7 Å². The highest BCUT2D eigenvalue weighted by Crippen LogP contribution is 2.26. The van der Waals surface area contributed by atoms with Crippen molar-refractivity contribution in [3.05, 3.63) is 28.5 Å². The molecular weight excluding hydrogens is 389 g/mol. The normalized spacial score (nSPS) is 21.9. The van der Waals surface area contributed by atoms with Crippen LogP contribution in [-0.4, -0.2) is 41.5 Å². The van der Waals surface area contributed by atoms with Gasteiger partial charge < -0.3 is 10.2 Å². The summed E-state index contributed by atoms with van der Waals surface area (Å²) >= 11 is 3.37. The number of piperidine rings is 1. The van der Waals surface area contributed by atoms with E-state index in [1.807, 2.05) is 11.0 Å². The standard InChI is InChI=1S/C15H20BrN3O.2ClH/c16-13-8-12(9-17-10-13)15(20)19-6-3-11(4-7-19)14-2-1-5-18-14;;/h8-11,14,18H,1-7H2;2*1H. The van der Waals surface area contributed by atoms with Gasteiger partial charge in [0.1, 0.15) is 0 Å². The minimum absolute atomic E-state index is 0. The van der Waals surface area contributed by atoms with E-state index in [2.05, 4.69) is 26.2 Å². The van der Waals surface area contributed by atoms with E-state index >= 15 is 0 Å². The molecule has 3 rings (SSSR count). The van der Waals surface area contributed by atoms with E-state index in [9.17, 15) is 4.79 Å². The predicted molar refractivity (Wildman–Crippen MR) is 96.1 cm³/mol. The maximum atomic E-state index is 12.4. The number of aromatic nitrogens is 1. The summed E-state index contributed by atoms with van der Waals surface area (Å²) < 4.78 is 0.855. The molecule has 1 aromatic heterocycles. The number of likely N-dealkylation sites (tertiary alicyclic amines) is 1. The number of rotatable bonds is 2. The third kappa shape index (κ3) is 4.57. The molecule has 7 heteroatoms. The molecule has 2 aliphatic heterocycles. The Balaban J connectivity index is 0.00000121. The van der Waals surface area contributed by atoms with E-state index in [0.717, 1.165) is 42.9 Å². The topological polar surface area (TPSA) is 45.2 Å². The van der Waals surface area contributed by atoms with Crippen LogP contribution in [0.2, 0.25) is 0 Å². The van der Waals surface area contributed by atoms with Crippen molar-refractivity contribution in [2.75, 3.05) is 19.6 Å². The molecule has 124 valence electrons. The van der Waals surface area contributed by atoms with Crippen LogP contribution in [0.25, 0.3) is 0 Å². The van der Waals surface area contributed by atoms with Crippen LogP contribution in [0.3, 0.4) is 0 Å². The second-order valence-corrected chi connectivity index (χ2v) is 6.64. The van der Waals surface area contributed by atoms with Crippen molar-refractivity contribution < 1.29 is 4.79 Å². The fourth-order valence-corrected chi connectivity index (χ4v) is 3.70. The zero-order valence-electron chi connectivity index (χ0n) is 12.3. The lowest BCUT2D eigenvalue weighted by molar-refractivity contribution is 0.0674. The summed E-state index contributed by atoms with van der Waals surface area (Å²) in [4.78, 5) is 18.5. The molecule has 1 amide bonds. The lowest BCUT2D eigenvalue weighted by Gasteiger charge is -2.35. The molecule has 2 saturated heterocycles. The number of hydrogen-bond donors (Lipinski definition) is 1. The van der Waals surface area contributed by atoms with Crippen molar-refractivity contribution in [2.24, 2.45) is 5.92 Å². The summed E-state index contributed by atoms with van der Waals surface area (Å²) in [5, 5.41) is 3.59. The van der Waals surface area contributed by atoms with Crippen LogP contribution in [0.15, 0.2) is 22.9 Å². The first kappa shape index (κ1) is 19.7. The van der Waals surface area contributed by atoms with E-state index in [-0.39, 0.29) is 30.7 Å². The van der Waals surface area contributed by atoms with Gasteiger partial charge in [-0.15, -0.1) is 24.8 Å². The van der Waals surface area contributed by atoms with Gasteiger partial charge in [0.05, 0.1) is 5.56 Å². The highest BCUT2D eigenvalue weighted by Gasteiger charge is 2.30. The lowest BCUT2D eigenvalue weighted by atomic mass is 9.88. The average molecular weight is 411 g/mol. The molecule has 4 nitrogen and oxygen atoms in total. The molecule has 0 radical (unpaired) electrons. The van der Waals surface area contributed by atoms with Gasteiger partial charge in [0.25, 0.3) is 5.91 Å². The summed E-state index contributed by atoms with van der Waals surface area (Å²) in [6, 6.07) is 2.53. The minimum Gasteiger partial charge on any atom is -0.339 e. The predicted octanol–water partition coefficient (Wildman–Crippen LogP) is 3.29. The van der Waals surface area contributed by atoms with Gasteiger partial charge in [-0.2, -0.15) is 0 Å². The zero-order chi connectivity index (χ0) is 13.9. The van der Waals surface area contributed by atoms with E-state index in [4.69, 9.17) is 0 Å². The molecule has 1 aromatic rings. The van der Waals surface area contributed by atoms with Gasteiger partial charge in [-0.1, -0.05) is 0 Å². The lowest BCUT2D eigenvalue weighted by Crippen LogP contribution is -2.43. The molecule has 22 heavy (non-hydrogen) atoms. The largest absolute Gasteiger partial charge is 0.339 e. The number of halogens is 3. The third-order valence-corrected chi connectivity index (χ3v) is 4.88. The summed E-state index contributed by atoms with van der Waals surface area (Å²) in [6.45, 7) is 2.90. The SMILES string of the molecule is Cl.Cl.O=C(c1cncc(Br)c1)N1CCC(C2CCCN2)CC1. The molecule has 3 heterocycles. The molecule has 1 unspecified atom stereocenters. The van der Waals surface area contributed by atoms with Gasteiger partial charge >= 0.3 is 0 Å². The number of amides is 1. The van der Waals surface area contributed by atoms with Crippen molar-refractivity contribution in [3.8, 4) is 0 Å². The van der Waals surface area contributed by atoms with Crippen molar-refractivity contribution in [3.63, 3.8) is 0 Å². The quantitative estimate of drug-likeness (QED) is 0.813. The molecule has 0 saturated carbocycles. The number of carbonyl (C=O) groups is 1. The third-order valence-electron chi connectivity index (χ3n) is 4.45. The van der Waals surface area contributed by atoms with Crippen LogP contribution in [0.4, 0.5) is 0 Å². The molecule has 0 spiro atoms. The Morgan fingerprint density at radius 3 is 2.55 bits per heavy atom. The van der Waals surface area contributed by atoms with Gasteiger partial charge in [0.15, 0.2) is 0 Å². The molecule has 1 N–H and O–H groups in total. The average Bonchev–Trinajstić information content (AvgIpc) is 3.01. The van der Waals surface area contributed by atoms with E-state index in [1.165, 1.54) is 12.8 Å². The second kappa shape index (κ2) is 9.06. The number of nitrogens with zero attached hydrogens (tertiary/aromatic N) is 2. The number of carbonyl (C=O) groups excluding carboxylic acids is 1. The Morgan fingerprint density at radius 2 is 1.95 bits per heavy atom. The van der Waals surface area contributed by atoms with Gasteiger partial charge in [0.2, 0.25) is 0 Å². The minimum atomic E-state index is 0. The molecule has 0 aliphatic carbocycles. The molecule has 2 fully saturated rings. The fourth-order valence-electron chi connectivity index (χ4n) is 3.33. The Bertz CT molecular complexity index is 489. The van der Waals surface area contributed by atoms with Crippen molar-refractivity contribution in [2.45, 2.75) is 31.7 Å². The zero-order valence-corrected chi connectivity index (χ0v) is 15.6. The van der Waals surface area contributed by atoms with E-state index in [1.54, 1.807) is 12.4 Å². The van der Waals surface area contributed by atoms with E-state index < -0.39 is 0 Å². The smallest absolute Gasteiger partial charge is 0.255 e. The first-order valence-corrected chi connectivity index (χ1v) is 8.16. The molecule has 0 aromatic carbocycles. The highest BCUT2D eigenvalue weighted by atomic mass is 79.9. The van der Waals surface area contributed by atoms with Crippen molar-refractivity contribution in [1.29, 1.82) is 0 Å². The number of nitrogens with one attached hydrogen (secondary N) is 1. The van der Waals surface area contributed by atoms with E-state index in [0.29, 0.717) is 11.6 Å². The van der Waals surface area contributed by atoms with Crippen molar-refractivity contribution in [1.82, 2.24) is 15.2 Å². The van der Waals surface area contributed by atoms with Gasteiger partial charge in [-0.25, -0.2) is 0 Å².